The summed E-state index contributed by atoms with van der Waals surface area (Å²) in [5.41, 5.74) is 42.5. The van der Waals surface area contributed by atoms with Crippen LogP contribution in [0.5, 0.6) is 5.75 Å². The summed E-state index contributed by atoms with van der Waals surface area (Å²) in [7, 11) is 2.15. The fraction of sp³-hybridized carbons (Fsp3) is 0.660. The lowest BCUT2D eigenvalue weighted by atomic mass is 9.84. The van der Waals surface area contributed by atoms with Crippen LogP contribution in [-0.2, 0) is 54.4 Å². The molecule has 4 saturated heterocycles. The van der Waals surface area contributed by atoms with Crippen molar-refractivity contribution in [1.82, 2.24) is 44.9 Å². The second-order valence-electron chi connectivity index (χ2n) is 21.3. The van der Waals surface area contributed by atoms with Crippen molar-refractivity contribution >= 4 is 16.7 Å². The molecule has 10 rings (SSSR count). The lowest BCUT2D eigenvalue weighted by Crippen LogP contribution is -2.68. The van der Waals surface area contributed by atoms with E-state index in [0.717, 1.165) is 60.0 Å². The van der Waals surface area contributed by atoms with Crippen molar-refractivity contribution < 1.29 is 63.8 Å². The van der Waals surface area contributed by atoms with E-state index in [1.165, 1.54) is 10.4 Å². The standard InChI is InChI=1S/C50H76N16O13/c1-63-11-13-64(14-12-63)27-7-10-31-32(17-27)58-47(57-31)24-5-8-28(9-6-24)73-16-15-65-21-25(59-61-65)3-2-4-26-22-66(62-60-26)23-35-45(78-49-37(56)42(71)40(69)34(20-52)75-49)43(72)50(76-35)79-46-38(67)29(53)18-30(54)44(46)77-48-36(55)41(70)39(68)33(19-51)74-48/h5-10,17,21-22,29-30,33-46,48-50,67-72H,2-4,11-16,18-20,23,51-56H2,1H3,(H,57,58)/t29-,30?,33?,34+,35?,36?,37?,38-,39-,40-,41-,42?,43+,44-,45+,46?,48-,49-,50?/m1/s1. The maximum atomic E-state index is 11.9. The Kier molecular flexibility index (Phi) is 18.1. The van der Waals surface area contributed by atoms with Gasteiger partial charge in [0.1, 0.15) is 85.3 Å². The van der Waals surface area contributed by atoms with Gasteiger partial charge < -0.3 is 113 Å². The molecule has 0 bridgehead atoms. The summed E-state index contributed by atoms with van der Waals surface area (Å²) in [5.74, 6) is 1.52. The largest absolute Gasteiger partial charge is 0.492 e. The van der Waals surface area contributed by atoms with E-state index >= 15 is 0 Å². The van der Waals surface area contributed by atoms with E-state index in [0.29, 0.717) is 38.1 Å². The number of nitrogens with one attached hydrogen (secondary N) is 1. The van der Waals surface area contributed by atoms with Crippen molar-refractivity contribution in [2.24, 2.45) is 34.4 Å². The van der Waals surface area contributed by atoms with Crippen LogP contribution in [-0.4, -0.2) is 245 Å². The first-order valence-corrected chi connectivity index (χ1v) is 26.9. The molecule has 7 heterocycles. The molecule has 29 heteroatoms. The van der Waals surface area contributed by atoms with E-state index in [1.807, 2.05) is 30.5 Å². The molecule has 1 aliphatic carbocycles. The Morgan fingerprint density at radius 1 is 0.646 bits per heavy atom. The van der Waals surface area contributed by atoms with Crippen molar-refractivity contribution in [1.29, 1.82) is 0 Å². The topological polar surface area (TPSA) is 439 Å². The number of H-pyrrole nitrogens is 1. The number of nitrogens with two attached hydrogens (primary N) is 6. The van der Waals surface area contributed by atoms with Gasteiger partial charge in [-0.1, -0.05) is 10.4 Å². The Morgan fingerprint density at radius 2 is 1.24 bits per heavy atom. The summed E-state index contributed by atoms with van der Waals surface area (Å²) in [6.07, 6.45) is -14.7. The fourth-order valence-corrected chi connectivity index (χ4v) is 10.8. The van der Waals surface area contributed by atoms with Crippen molar-refractivity contribution in [2.45, 2.75) is 155 Å². The number of aryl methyl sites for hydroxylation is 2. The molecule has 5 aliphatic rings. The van der Waals surface area contributed by atoms with E-state index in [-0.39, 0.29) is 26.1 Å². The van der Waals surface area contributed by atoms with Gasteiger partial charge in [0.2, 0.25) is 0 Å². The van der Waals surface area contributed by atoms with E-state index in [1.54, 1.807) is 10.9 Å². The maximum absolute atomic E-state index is 11.9. The number of ether oxygens (including phenoxy) is 7. The van der Waals surface area contributed by atoms with Gasteiger partial charge in [-0.2, -0.15) is 0 Å². The van der Waals surface area contributed by atoms with Gasteiger partial charge in [0.05, 0.1) is 53.7 Å². The first kappa shape index (κ1) is 57.3. The van der Waals surface area contributed by atoms with E-state index in [9.17, 15) is 30.6 Å². The highest BCUT2D eigenvalue weighted by Crippen LogP contribution is 2.35. The molecular weight excluding hydrogens is 1030 g/mol. The molecule has 5 fully saturated rings. The average Bonchev–Trinajstić information content (AvgIpc) is 4.29. The van der Waals surface area contributed by atoms with E-state index < -0.39 is 116 Å². The van der Waals surface area contributed by atoms with Crippen LogP contribution in [0.25, 0.3) is 22.4 Å². The number of likely N-dealkylation sites (N-methyl/N-ethyl adjacent to an activating group) is 1. The number of anilines is 1. The van der Waals surface area contributed by atoms with Gasteiger partial charge in [0.15, 0.2) is 18.9 Å². The average molecular weight is 1110 g/mol. The number of nitrogens with zero attached hydrogens (tertiary/aromatic N) is 9. The first-order chi connectivity index (χ1) is 38.0. The number of aromatic nitrogens is 8. The molecule has 1 saturated carbocycles. The molecule has 29 nitrogen and oxygen atoms in total. The number of fused-ring (bicyclic) bond motifs is 1. The highest BCUT2D eigenvalue weighted by molar-refractivity contribution is 5.83. The number of hydrogen-bond donors (Lipinski definition) is 13. The molecule has 3 aromatic heterocycles. The lowest BCUT2D eigenvalue weighted by molar-refractivity contribution is -0.306. The third kappa shape index (κ3) is 12.7. The number of imidazole rings is 1. The summed E-state index contributed by atoms with van der Waals surface area (Å²) >= 11 is 0. The number of aliphatic hydroxyl groups is 6. The zero-order chi connectivity index (χ0) is 55.6. The van der Waals surface area contributed by atoms with Crippen LogP contribution in [0.1, 0.15) is 24.2 Å². The van der Waals surface area contributed by atoms with Gasteiger partial charge in [0.25, 0.3) is 0 Å². The highest BCUT2D eigenvalue weighted by Gasteiger charge is 2.54. The van der Waals surface area contributed by atoms with Crippen LogP contribution in [0.3, 0.4) is 0 Å². The predicted molar refractivity (Wildman–Crippen MR) is 280 cm³/mol. The smallest absolute Gasteiger partial charge is 0.187 e. The monoisotopic (exact) mass is 1110 g/mol. The quantitative estimate of drug-likeness (QED) is 0.0346. The Hall–Kier alpha value is -4.97. The van der Waals surface area contributed by atoms with Gasteiger partial charge in [0, 0.05) is 75.0 Å². The molecule has 8 unspecified atom stereocenters. The molecule has 0 amide bonds. The van der Waals surface area contributed by atoms with Gasteiger partial charge in [-0.15, -0.1) is 10.2 Å². The Bertz CT molecular complexity index is 2730. The first-order valence-electron chi connectivity index (χ1n) is 26.9. The third-order valence-electron chi connectivity index (χ3n) is 15.6. The van der Waals surface area contributed by atoms with Crippen molar-refractivity contribution in [3.05, 3.63) is 66.2 Å². The second kappa shape index (κ2) is 25.0. The number of hydrogen-bond acceptors (Lipinski definition) is 26. The van der Waals surface area contributed by atoms with Crippen LogP contribution in [0.4, 0.5) is 5.69 Å². The van der Waals surface area contributed by atoms with Crippen LogP contribution in [0, 0.1) is 0 Å². The normalized spacial score (nSPS) is 35.6. The minimum atomic E-state index is -1.62. The minimum absolute atomic E-state index is 0.0557. The maximum Gasteiger partial charge on any atom is 0.187 e. The second-order valence-corrected chi connectivity index (χ2v) is 21.3. The third-order valence-corrected chi connectivity index (χ3v) is 15.6. The molecule has 19 N–H and O–H groups in total. The number of aromatic amines is 1. The fourth-order valence-electron chi connectivity index (χ4n) is 10.8. The Labute approximate surface area is 454 Å². The number of benzene rings is 2. The van der Waals surface area contributed by atoms with E-state index in [4.69, 9.17) is 72.5 Å². The molecule has 19 atom stereocenters. The summed E-state index contributed by atoms with van der Waals surface area (Å²) in [6.45, 7) is 4.53. The van der Waals surface area contributed by atoms with Gasteiger partial charge in [-0.05, 0) is 75.2 Å². The van der Waals surface area contributed by atoms with Gasteiger partial charge >= 0.3 is 0 Å². The van der Waals surface area contributed by atoms with Crippen molar-refractivity contribution in [3.63, 3.8) is 0 Å². The molecule has 434 valence electrons. The number of aliphatic hydroxyl groups excluding tert-OH is 6. The van der Waals surface area contributed by atoms with Crippen molar-refractivity contribution in [2.75, 3.05) is 57.8 Å². The Morgan fingerprint density at radius 3 is 1.89 bits per heavy atom. The molecule has 4 aliphatic heterocycles. The molecule has 0 spiro atoms. The lowest BCUT2D eigenvalue weighted by Gasteiger charge is -2.47. The van der Waals surface area contributed by atoms with Gasteiger partial charge in [-0.25, -0.2) is 14.3 Å². The number of piperazine rings is 1. The van der Waals surface area contributed by atoms with Gasteiger partial charge in [-0.3, -0.25) is 0 Å². The zero-order valence-corrected chi connectivity index (χ0v) is 43.9. The molecular formula is C50H76N16O13. The van der Waals surface area contributed by atoms with Crippen LogP contribution in [0.2, 0.25) is 0 Å². The highest BCUT2D eigenvalue weighted by atomic mass is 16.8. The Balaban J connectivity index is 0.734. The predicted octanol–water partition coefficient (Wildman–Crippen LogP) is -5.46. The summed E-state index contributed by atoms with van der Waals surface area (Å²) in [4.78, 5) is 13.1. The number of rotatable bonds is 20. The molecule has 79 heavy (non-hydrogen) atoms. The molecule has 0 radical (unpaired) electrons. The zero-order valence-electron chi connectivity index (χ0n) is 43.9. The summed E-state index contributed by atoms with van der Waals surface area (Å²) < 4.78 is 46.1. The van der Waals surface area contributed by atoms with Crippen LogP contribution >= 0.6 is 0 Å². The summed E-state index contributed by atoms with van der Waals surface area (Å²) in [5, 5.41) is 83.2. The summed E-state index contributed by atoms with van der Waals surface area (Å²) in [6, 6.07) is 9.89. The molecule has 5 aromatic rings. The SMILES string of the molecule is CN1CCN(c2ccc3nc(-c4ccc(OCCn5cc(CCCc6cn(CC7OC(OC8[C@H](O[C@H]9OC(CN)[C@@H](O)[C@H](O)C9N)C(N)C[C@@H](N)[C@H]8O)[C@@H](O)[C@H]7O[C@H]7O[C@@H](CN)[C@@H](O)C(O)C7N)nn6)nn5)cc4)[nH]c3c2)CC1. The minimum Gasteiger partial charge on any atom is -0.492 e. The molecule has 2 aromatic carbocycles. The van der Waals surface area contributed by atoms with E-state index in [2.05, 4.69) is 60.7 Å². The van der Waals surface area contributed by atoms with Crippen molar-refractivity contribution in [3.8, 4) is 17.1 Å². The van der Waals surface area contributed by atoms with Crippen LogP contribution in [0.15, 0.2) is 54.9 Å². The van der Waals surface area contributed by atoms with Crippen LogP contribution < -0.4 is 44.0 Å².